The fourth-order valence-corrected chi connectivity index (χ4v) is 1.79. The molecule has 1 amide bonds. The van der Waals surface area contributed by atoms with Gasteiger partial charge in [0, 0.05) is 12.6 Å². The van der Waals surface area contributed by atoms with Gasteiger partial charge in [-0.05, 0) is 18.1 Å². The largest absolute Gasteiger partial charge is 0.352 e. The molecule has 0 aliphatic carbocycles. The lowest BCUT2D eigenvalue weighted by atomic mass is 10.1. The molecular weight excluding hydrogens is 267 g/mol. The first-order valence-electron chi connectivity index (χ1n) is 6.40. The second-order valence-corrected chi connectivity index (χ2v) is 4.41. The summed E-state index contributed by atoms with van der Waals surface area (Å²) >= 11 is 0. The molecule has 1 atom stereocenters. The molecule has 1 rings (SSSR count). The second kappa shape index (κ2) is 9.75. The van der Waals surface area contributed by atoms with Crippen LogP contribution in [-0.4, -0.2) is 18.5 Å². The highest BCUT2D eigenvalue weighted by molar-refractivity contribution is 5.85. The van der Waals surface area contributed by atoms with Gasteiger partial charge in [-0.15, -0.1) is 12.4 Å². The summed E-state index contributed by atoms with van der Waals surface area (Å²) in [6.45, 7) is 2.51. The van der Waals surface area contributed by atoms with Crippen LogP contribution in [0.25, 0.3) is 0 Å². The highest BCUT2D eigenvalue weighted by Gasteiger charge is 2.12. The molecule has 0 bridgehead atoms. The minimum absolute atomic E-state index is 0. The van der Waals surface area contributed by atoms with Crippen LogP contribution in [0.5, 0.6) is 0 Å². The molecule has 0 saturated carbocycles. The minimum atomic E-state index is -0.342. The third-order valence-electron chi connectivity index (χ3n) is 2.86. The third kappa shape index (κ3) is 6.55. The average molecular weight is 289 g/mol. The van der Waals surface area contributed by atoms with Gasteiger partial charge in [0.1, 0.15) is 5.82 Å². The minimum Gasteiger partial charge on any atom is -0.352 e. The van der Waals surface area contributed by atoms with Gasteiger partial charge in [0.15, 0.2) is 0 Å². The summed E-state index contributed by atoms with van der Waals surface area (Å²) in [6, 6.07) is 6.31. The SMILES string of the molecule is CCCCC(CN)NC(=O)Cc1ccccc1F.Cl. The molecule has 0 spiro atoms. The molecule has 3 nitrogen and oxygen atoms in total. The highest BCUT2D eigenvalue weighted by Crippen LogP contribution is 2.07. The van der Waals surface area contributed by atoms with Crippen molar-refractivity contribution in [3.63, 3.8) is 0 Å². The number of amides is 1. The van der Waals surface area contributed by atoms with Crippen LogP contribution in [-0.2, 0) is 11.2 Å². The Hall–Kier alpha value is -1.13. The number of benzene rings is 1. The fourth-order valence-electron chi connectivity index (χ4n) is 1.79. The quantitative estimate of drug-likeness (QED) is 0.810. The first-order chi connectivity index (χ1) is 8.67. The van der Waals surface area contributed by atoms with Crippen molar-refractivity contribution in [3.8, 4) is 0 Å². The first-order valence-corrected chi connectivity index (χ1v) is 6.40. The maximum Gasteiger partial charge on any atom is 0.224 e. The van der Waals surface area contributed by atoms with Crippen LogP contribution in [0.2, 0.25) is 0 Å². The van der Waals surface area contributed by atoms with Gasteiger partial charge < -0.3 is 11.1 Å². The molecule has 3 N–H and O–H groups in total. The zero-order valence-corrected chi connectivity index (χ0v) is 12.0. The summed E-state index contributed by atoms with van der Waals surface area (Å²) in [7, 11) is 0. The topological polar surface area (TPSA) is 55.1 Å². The Morgan fingerprint density at radius 3 is 2.68 bits per heavy atom. The van der Waals surface area contributed by atoms with Crippen LogP contribution < -0.4 is 11.1 Å². The van der Waals surface area contributed by atoms with E-state index in [0.717, 1.165) is 19.3 Å². The number of rotatable bonds is 7. The van der Waals surface area contributed by atoms with E-state index < -0.39 is 0 Å². The summed E-state index contributed by atoms with van der Waals surface area (Å²) in [5, 5.41) is 2.85. The second-order valence-electron chi connectivity index (χ2n) is 4.41. The number of carbonyl (C=O) groups excluding carboxylic acids is 1. The summed E-state index contributed by atoms with van der Waals surface area (Å²) < 4.78 is 13.4. The lowest BCUT2D eigenvalue weighted by Crippen LogP contribution is -2.40. The molecule has 1 unspecified atom stereocenters. The zero-order chi connectivity index (χ0) is 13.4. The van der Waals surface area contributed by atoms with Crippen LogP contribution in [0.15, 0.2) is 24.3 Å². The van der Waals surface area contributed by atoms with Gasteiger partial charge >= 0.3 is 0 Å². The summed E-state index contributed by atoms with van der Waals surface area (Å²) in [5.74, 6) is -0.517. The maximum absolute atomic E-state index is 13.4. The first kappa shape index (κ1) is 17.9. The summed E-state index contributed by atoms with van der Waals surface area (Å²) in [5.41, 5.74) is 6.01. The standard InChI is InChI=1S/C14H21FN2O.ClH/c1-2-3-7-12(10-16)17-14(18)9-11-6-4-5-8-13(11)15;/h4-6,8,12H,2-3,7,9-10,16H2,1H3,(H,17,18);1H. The molecule has 5 heteroatoms. The van der Waals surface area contributed by atoms with Gasteiger partial charge in [-0.25, -0.2) is 4.39 Å². The molecule has 19 heavy (non-hydrogen) atoms. The lowest BCUT2D eigenvalue weighted by molar-refractivity contribution is -0.121. The van der Waals surface area contributed by atoms with Gasteiger partial charge in [-0.2, -0.15) is 0 Å². The van der Waals surface area contributed by atoms with Crippen molar-refractivity contribution in [2.75, 3.05) is 6.54 Å². The third-order valence-corrected chi connectivity index (χ3v) is 2.86. The number of hydrogen-bond donors (Lipinski definition) is 2. The molecule has 1 aromatic carbocycles. The van der Waals surface area contributed by atoms with Gasteiger partial charge in [0.05, 0.1) is 6.42 Å². The lowest BCUT2D eigenvalue weighted by Gasteiger charge is -2.16. The van der Waals surface area contributed by atoms with E-state index in [9.17, 15) is 9.18 Å². The van der Waals surface area contributed by atoms with E-state index in [1.165, 1.54) is 6.07 Å². The Morgan fingerprint density at radius 1 is 1.42 bits per heavy atom. The molecule has 0 aliphatic rings. The molecular formula is C14H22ClFN2O. The van der Waals surface area contributed by atoms with Crippen LogP contribution in [0, 0.1) is 5.82 Å². The van der Waals surface area contributed by atoms with E-state index >= 15 is 0 Å². The molecule has 0 saturated heterocycles. The van der Waals surface area contributed by atoms with Crippen molar-refractivity contribution in [2.24, 2.45) is 5.73 Å². The number of unbranched alkanes of at least 4 members (excludes halogenated alkanes) is 1. The molecule has 0 fully saturated rings. The highest BCUT2D eigenvalue weighted by atomic mass is 35.5. The van der Waals surface area contributed by atoms with Crippen molar-refractivity contribution in [3.05, 3.63) is 35.6 Å². The Balaban J connectivity index is 0.00000324. The van der Waals surface area contributed by atoms with Crippen molar-refractivity contribution >= 4 is 18.3 Å². The predicted molar refractivity (Wildman–Crippen MR) is 77.9 cm³/mol. The number of carbonyl (C=O) groups is 1. The summed E-state index contributed by atoms with van der Waals surface area (Å²) in [4.78, 5) is 11.8. The van der Waals surface area contributed by atoms with Crippen LogP contribution in [0.3, 0.4) is 0 Å². The summed E-state index contributed by atoms with van der Waals surface area (Å²) in [6.07, 6.45) is 3.03. The van der Waals surface area contributed by atoms with E-state index in [2.05, 4.69) is 12.2 Å². The van der Waals surface area contributed by atoms with Gasteiger partial charge in [-0.1, -0.05) is 38.0 Å². The van der Waals surface area contributed by atoms with E-state index in [0.29, 0.717) is 12.1 Å². The molecule has 0 radical (unpaired) electrons. The molecule has 1 aromatic rings. The Kier molecular flexibility index (Phi) is 9.17. The van der Waals surface area contributed by atoms with Crippen LogP contribution in [0.4, 0.5) is 4.39 Å². The van der Waals surface area contributed by atoms with Gasteiger partial charge in [-0.3, -0.25) is 4.79 Å². The number of hydrogen-bond acceptors (Lipinski definition) is 2. The van der Waals surface area contributed by atoms with E-state index in [-0.39, 0.29) is 36.6 Å². The molecule has 108 valence electrons. The van der Waals surface area contributed by atoms with Crippen molar-refractivity contribution < 1.29 is 9.18 Å². The number of halogens is 2. The van der Waals surface area contributed by atoms with Crippen LogP contribution in [0.1, 0.15) is 31.7 Å². The van der Waals surface area contributed by atoms with Crippen LogP contribution >= 0.6 is 12.4 Å². The van der Waals surface area contributed by atoms with Crippen molar-refractivity contribution in [2.45, 2.75) is 38.6 Å². The zero-order valence-electron chi connectivity index (χ0n) is 11.2. The van der Waals surface area contributed by atoms with Crippen molar-refractivity contribution in [1.29, 1.82) is 0 Å². The average Bonchev–Trinajstić information content (AvgIpc) is 2.37. The Morgan fingerprint density at radius 2 is 2.11 bits per heavy atom. The molecule has 0 heterocycles. The Labute approximate surface area is 120 Å². The molecule has 0 aromatic heterocycles. The van der Waals surface area contributed by atoms with Gasteiger partial charge in [0.2, 0.25) is 5.91 Å². The van der Waals surface area contributed by atoms with E-state index in [1.54, 1.807) is 18.2 Å². The number of nitrogens with one attached hydrogen (secondary N) is 1. The predicted octanol–water partition coefficient (Wildman–Crippen LogP) is 2.42. The fraction of sp³-hybridized carbons (Fsp3) is 0.500. The maximum atomic E-state index is 13.4. The van der Waals surface area contributed by atoms with Gasteiger partial charge in [0.25, 0.3) is 0 Å². The molecule has 0 aliphatic heterocycles. The number of nitrogens with two attached hydrogens (primary N) is 1. The van der Waals surface area contributed by atoms with E-state index in [1.807, 2.05) is 0 Å². The smallest absolute Gasteiger partial charge is 0.224 e. The monoisotopic (exact) mass is 288 g/mol. The van der Waals surface area contributed by atoms with E-state index in [4.69, 9.17) is 5.73 Å². The normalized spacial score (nSPS) is 11.5. The van der Waals surface area contributed by atoms with Crippen molar-refractivity contribution in [1.82, 2.24) is 5.32 Å². The Bertz CT molecular complexity index is 387.